The minimum absolute atomic E-state index is 0.224. The lowest BCUT2D eigenvalue weighted by molar-refractivity contribution is -0.193. The number of nitrogens with one attached hydrogen (secondary N) is 1. The molecule has 1 unspecified atom stereocenters. The molecule has 0 saturated heterocycles. The summed E-state index contributed by atoms with van der Waals surface area (Å²) >= 11 is 0. The van der Waals surface area contributed by atoms with Crippen molar-refractivity contribution in [2.24, 2.45) is 0 Å². The highest BCUT2D eigenvalue weighted by molar-refractivity contribution is 5.23. The van der Waals surface area contributed by atoms with Gasteiger partial charge < -0.3 is 0 Å². The summed E-state index contributed by atoms with van der Waals surface area (Å²) in [5.41, 5.74) is 4.47. The normalized spacial score (nSPS) is 13.7. The minimum atomic E-state index is -4.31. The number of aryl methyl sites for hydroxylation is 1. The van der Waals surface area contributed by atoms with Gasteiger partial charge in [-0.15, -0.1) is 0 Å². The van der Waals surface area contributed by atoms with Crippen LogP contribution < -0.4 is 5.48 Å². The Hall–Kier alpha value is -1.07. The van der Waals surface area contributed by atoms with Gasteiger partial charge in [-0.1, -0.05) is 36.8 Å². The molecule has 0 aromatic heterocycles. The van der Waals surface area contributed by atoms with E-state index in [0.717, 1.165) is 11.1 Å². The predicted molar refractivity (Wildman–Crippen MR) is 59.4 cm³/mol. The third-order valence-corrected chi connectivity index (χ3v) is 2.35. The molecule has 0 radical (unpaired) electrons. The van der Waals surface area contributed by atoms with Crippen LogP contribution in [0.5, 0.6) is 0 Å². The molecule has 0 aliphatic carbocycles. The number of rotatable bonds is 5. The van der Waals surface area contributed by atoms with Crippen molar-refractivity contribution in [2.45, 2.75) is 32.5 Å². The Morgan fingerprint density at radius 3 is 2.29 bits per heavy atom. The Bertz CT molecular complexity index is 335. The number of alkyl halides is 3. The van der Waals surface area contributed by atoms with E-state index < -0.39 is 12.8 Å². The Morgan fingerprint density at radius 2 is 1.82 bits per heavy atom. The summed E-state index contributed by atoms with van der Waals surface area (Å²) in [6, 6.07) is 7.38. The number of benzene rings is 1. The maximum Gasteiger partial charge on any atom is 0.413 e. The predicted octanol–water partition coefficient (Wildman–Crippen LogP) is 3.53. The first-order valence-corrected chi connectivity index (χ1v) is 5.43. The molecule has 1 aromatic rings. The number of hydrogen-bond acceptors (Lipinski definition) is 2. The van der Waals surface area contributed by atoms with Gasteiger partial charge in [0, 0.05) is 0 Å². The van der Waals surface area contributed by atoms with Gasteiger partial charge in [0.1, 0.15) is 0 Å². The van der Waals surface area contributed by atoms with Crippen molar-refractivity contribution in [1.29, 1.82) is 0 Å². The van der Waals surface area contributed by atoms with Gasteiger partial charge in [-0.05, 0) is 18.9 Å². The topological polar surface area (TPSA) is 21.3 Å². The molecule has 0 spiro atoms. The average molecular weight is 247 g/mol. The van der Waals surface area contributed by atoms with Gasteiger partial charge in [-0.3, -0.25) is 4.84 Å². The Labute approximate surface area is 98.7 Å². The second-order valence-corrected chi connectivity index (χ2v) is 3.89. The van der Waals surface area contributed by atoms with Crippen LogP contribution in [0.15, 0.2) is 24.3 Å². The molecule has 1 N–H and O–H groups in total. The van der Waals surface area contributed by atoms with E-state index in [1.54, 1.807) is 0 Å². The molecule has 0 saturated carbocycles. The zero-order valence-electron chi connectivity index (χ0n) is 9.84. The third kappa shape index (κ3) is 5.19. The van der Waals surface area contributed by atoms with Crippen molar-refractivity contribution < 1.29 is 18.0 Å². The van der Waals surface area contributed by atoms with Crippen molar-refractivity contribution in [3.05, 3.63) is 35.4 Å². The van der Waals surface area contributed by atoms with E-state index in [1.165, 1.54) is 0 Å². The van der Waals surface area contributed by atoms with Crippen LogP contribution >= 0.6 is 0 Å². The highest BCUT2D eigenvalue weighted by Crippen LogP contribution is 2.19. The summed E-state index contributed by atoms with van der Waals surface area (Å²) in [6.45, 7) is 2.56. The van der Waals surface area contributed by atoms with Crippen molar-refractivity contribution in [1.82, 2.24) is 5.48 Å². The molecular weight excluding hydrogens is 231 g/mol. The molecular formula is C12H16F3NO. The first-order chi connectivity index (χ1) is 7.92. The van der Waals surface area contributed by atoms with Crippen LogP contribution in [0.2, 0.25) is 0 Å². The summed E-state index contributed by atoms with van der Waals surface area (Å²) in [7, 11) is 0. The first-order valence-electron chi connectivity index (χ1n) is 5.43. The Kier molecular flexibility index (Phi) is 4.96. The summed E-state index contributed by atoms with van der Waals surface area (Å²) in [5.74, 6) is 0. The maximum absolute atomic E-state index is 11.9. The van der Waals surface area contributed by atoms with E-state index in [0.29, 0.717) is 6.42 Å². The van der Waals surface area contributed by atoms with Crippen LogP contribution in [-0.2, 0) is 4.84 Å². The zero-order chi connectivity index (χ0) is 12.9. The molecule has 0 heterocycles. The molecule has 0 aliphatic rings. The first kappa shape index (κ1) is 14.0. The van der Waals surface area contributed by atoms with E-state index in [9.17, 15) is 13.2 Å². The fourth-order valence-electron chi connectivity index (χ4n) is 1.41. The van der Waals surface area contributed by atoms with E-state index >= 15 is 0 Å². The van der Waals surface area contributed by atoms with E-state index in [-0.39, 0.29) is 6.04 Å². The molecule has 0 bridgehead atoms. The van der Waals surface area contributed by atoms with Crippen molar-refractivity contribution in [3.8, 4) is 0 Å². The molecule has 2 nitrogen and oxygen atoms in total. The quantitative estimate of drug-likeness (QED) is 0.804. The molecule has 1 atom stereocenters. The molecule has 1 rings (SSSR count). The summed E-state index contributed by atoms with van der Waals surface area (Å²) in [4.78, 5) is 4.46. The summed E-state index contributed by atoms with van der Waals surface area (Å²) in [5, 5.41) is 0. The lowest BCUT2D eigenvalue weighted by atomic mass is 10.0. The second-order valence-electron chi connectivity index (χ2n) is 3.89. The van der Waals surface area contributed by atoms with E-state index in [1.807, 2.05) is 38.1 Å². The molecule has 96 valence electrons. The number of halogens is 3. The van der Waals surface area contributed by atoms with Crippen LogP contribution in [0.1, 0.15) is 30.5 Å². The number of hydroxylamine groups is 1. The van der Waals surface area contributed by atoms with Crippen molar-refractivity contribution in [3.63, 3.8) is 0 Å². The van der Waals surface area contributed by atoms with Crippen molar-refractivity contribution in [2.75, 3.05) is 6.61 Å². The van der Waals surface area contributed by atoms with Crippen LogP contribution in [0.25, 0.3) is 0 Å². The van der Waals surface area contributed by atoms with Gasteiger partial charge in [0.2, 0.25) is 0 Å². The third-order valence-electron chi connectivity index (χ3n) is 2.35. The largest absolute Gasteiger partial charge is 0.413 e. The second kappa shape index (κ2) is 6.02. The standard InChI is InChI=1S/C12H16F3NO/c1-3-11(16-17-8-12(13,14)15)10-6-4-9(2)5-7-10/h4-7,11,16H,3,8H2,1-2H3. The maximum atomic E-state index is 11.9. The van der Waals surface area contributed by atoms with Crippen LogP contribution in [0, 0.1) is 6.92 Å². The molecule has 0 fully saturated rings. The minimum Gasteiger partial charge on any atom is -0.292 e. The summed E-state index contributed by atoms with van der Waals surface area (Å²) in [6.07, 6.45) is -3.65. The van der Waals surface area contributed by atoms with E-state index in [2.05, 4.69) is 10.3 Å². The highest BCUT2D eigenvalue weighted by Gasteiger charge is 2.28. The van der Waals surface area contributed by atoms with Gasteiger partial charge in [0.25, 0.3) is 0 Å². The fourth-order valence-corrected chi connectivity index (χ4v) is 1.41. The van der Waals surface area contributed by atoms with Gasteiger partial charge in [0.05, 0.1) is 6.04 Å². The molecule has 17 heavy (non-hydrogen) atoms. The highest BCUT2D eigenvalue weighted by atomic mass is 19.4. The smallest absolute Gasteiger partial charge is 0.292 e. The van der Waals surface area contributed by atoms with E-state index in [4.69, 9.17) is 0 Å². The molecule has 0 aliphatic heterocycles. The lowest BCUT2D eigenvalue weighted by Gasteiger charge is -2.18. The lowest BCUT2D eigenvalue weighted by Crippen LogP contribution is -2.27. The average Bonchev–Trinajstić information content (AvgIpc) is 2.24. The van der Waals surface area contributed by atoms with Crippen LogP contribution in [-0.4, -0.2) is 12.8 Å². The fraction of sp³-hybridized carbons (Fsp3) is 0.500. The van der Waals surface area contributed by atoms with Gasteiger partial charge in [0.15, 0.2) is 6.61 Å². The van der Waals surface area contributed by atoms with Gasteiger partial charge >= 0.3 is 6.18 Å². The van der Waals surface area contributed by atoms with Crippen molar-refractivity contribution >= 4 is 0 Å². The monoisotopic (exact) mass is 247 g/mol. The molecule has 0 amide bonds. The molecule has 5 heteroatoms. The van der Waals surface area contributed by atoms with Crippen LogP contribution in [0.3, 0.4) is 0 Å². The number of hydrogen-bond donors (Lipinski definition) is 1. The Morgan fingerprint density at radius 1 is 1.24 bits per heavy atom. The Balaban J connectivity index is 2.51. The summed E-state index contributed by atoms with van der Waals surface area (Å²) < 4.78 is 35.7. The van der Waals surface area contributed by atoms with Gasteiger partial charge in [-0.2, -0.15) is 18.7 Å². The van der Waals surface area contributed by atoms with Crippen LogP contribution in [0.4, 0.5) is 13.2 Å². The SMILES string of the molecule is CCC(NOCC(F)(F)F)c1ccc(C)cc1. The van der Waals surface area contributed by atoms with Gasteiger partial charge in [-0.25, -0.2) is 0 Å². The zero-order valence-corrected chi connectivity index (χ0v) is 9.84. The molecule has 1 aromatic carbocycles.